The maximum Gasteiger partial charge on any atom is 0.469 e. The van der Waals surface area contributed by atoms with Crippen LogP contribution in [0.25, 0.3) is 0 Å². The van der Waals surface area contributed by atoms with Crippen molar-refractivity contribution >= 4 is 13.6 Å². The highest BCUT2D eigenvalue weighted by atomic mass is 31.2. The monoisotopic (exact) mass is 321 g/mol. The van der Waals surface area contributed by atoms with Crippen LogP contribution in [-0.4, -0.2) is 48.4 Å². The molecule has 1 saturated carbocycles. The van der Waals surface area contributed by atoms with Gasteiger partial charge in [0.05, 0.1) is 18.8 Å². The fourth-order valence-corrected chi connectivity index (χ4v) is 2.80. The lowest BCUT2D eigenvalue weighted by atomic mass is 10.1. The van der Waals surface area contributed by atoms with Crippen molar-refractivity contribution < 1.29 is 29.1 Å². The van der Waals surface area contributed by atoms with Crippen molar-refractivity contribution in [3.8, 4) is 0 Å². The summed E-state index contributed by atoms with van der Waals surface area (Å²) in [5.74, 6) is -0.687. The molecule has 0 saturated heterocycles. The van der Waals surface area contributed by atoms with Gasteiger partial charge in [-0.3, -0.25) is 9.09 Å². The summed E-state index contributed by atoms with van der Waals surface area (Å²) in [4.78, 5) is 32.6. The van der Waals surface area contributed by atoms with Gasteiger partial charge in [0.15, 0.2) is 0 Å². The van der Waals surface area contributed by atoms with E-state index in [9.17, 15) is 19.6 Å². The maximum absolute atomic E-state index is 11.7. The number of aliphatic hydroxyl groups is 2. The molecule has 2 rings (SSSR count). The predicted octanol–water partition coefficient (Wildman–Crippen LogP) is -1.78. The van der Waals surface area contributed by atoms with E-state index < -0.39 is 44.3 Å². The van der Waals surface area contributed by atoms with Gasteiger partial charge in [-0.05, 0) is 12.5 Å². The Morgan fingerprint density at radius 3 is 2.67 bits per heavy atom. The topological polar surface area (TPSA) is 168 Å². The molecule has 0 aliphatic heterocycles. The molecule has 21 heavy (non-hydrogen) atoms. The summed E-state index contributed by atoms with van der Waals surface area (Å²) in [6, 6.07) is 0.603. The highest BCUT2D eigenvalue weighted by Crippen LogP contribution is 2.40. The van der Waals surface area contributed by atoms with Gasteiger partial charge in [-0.2, -0.15) is 4.98 Å². The molecule has 0 unspecified atom stereocenters. The third kappa shape index (κ3) is 3.67. The lowest BCUT2D eigenvalue weighted by molar-refractivity contribution is -0.00456. The van der Waals surface area contributed by atoms with Gasteiger partial charge >= 0.3 is 13.5 Å². The van der Waals surface area contributed by atoms with Crippen molar-refractivity contribution in [3.05, 3.63) is 22.7 Å². The minimum atomic E-state index is -4.66. The molecule has 10 nitrogen and oxygen atoms in total. The third-order valence-electron chi connectivity index (χ3n) is 3.44. The van der Waals surface area contributed by atoms with Gasteiger partial charge in [-0.25, -0.2) is 9.36 Å². The molecule has 1 aromatic rings. The van der Waals surface area contributed by atoms with Crippen molar-refractivity contribution in [2.24, 2.45) is 5.92 Å². The zero-order chi connectivity index (χ0) is 15.8. The number of nitrogens with zero attached hydrogens (tertiary/aromatic N) is 2. The Labute approximate surface area is 119 Å². The normalized spacial score (nSPS) is 29.7. The number of aliphatic hydroxyl groups excluding tert-OH is 2. The summed E-state index contributed by atoms with van der Waals surface area (Å²) >= 11 is 0. The second-order valence-electron chi connectivity index (χ2n) is 4.87. The quantitative estimate of drug-likeness (QED) is 0.402. The summed E-state index contributed by atoms with van der Waals surface area (Å²) in [5.41, 5.74) is 4.69. The first kappa shape index (κ1) is 16.1. The van der Waals surface area contributed by atoms with Crippen molar-refractivity contribution in [1.29, 1.82) is 0 Å². The molecular formula is C10H16N3O7P. The molecule has 1 aromatic heterocycles. The SMILES string of the molecule is Nc1ccn([C@@H]2C[C@H](COP(=O)(O)O)[C@@H](O)[C@H]2O)c(=O)n1. The zero-order valence-corrected chi connectivity index (χ0v) is 11.7. The molecule has 1 heterocycles. The van der Waals surface area contributed by atoms with Crippen LogP contribution in [0.1, 0.15) is 12.5 Å². The van der Waals surface area contributed by atoms with Crippen LogP contribution in [0, 0.1) is 5.92 Å². The van der Waals surface area contributed by atoms with Gasteiger partial charge in [0.2, 0.25) is 0 Å². The van der Waals surface area contributed by atoms with Crippen molar-refractivity contribution in [2.75, 3.05) is 12.3 Å². The number of hydrogen-bond acceptors (Lipinski definition) is 7. The second-order valence-corrected chi connectivity index (χ2v) is 6.11. The highest BCUT2D eigenvalue weighted by molar-refractivity contribution is 7.46. The van der Waals surface area contributed by atoms with Crippen LogP contribution in [-0.2, 0) is 9.09 Å². The fourth-order valence-electron chi connectivity index (χ4n) is 2.41. The molecule has 0 spiro atoms. The maximum atomic E-state index is 11.7. The number of phosphoric acid groups is 1. The summed E-state index contributed by atoms with van der Waals surface area (Å²) in [6.45, 7) is -0.434. The Morgan fingerprint density at radius 2 is 2.10 bits per heavy atom. The average molecular weight is 321 g/mol. The molecular weight excluding hydrogens is 305 g/mol. The van der Waals surface area contributed by atoms with E-state index in [0.29, 0.717) is 0 Å². The smallest absolute Gasteiger partial charge is 0.390 e. The van der Waals surface area contributed by atoms with Crippen LogP contribution in [0.2, 0.25) is 0 Å². The first-order valence-corrected chi connectivity index (χ1v) is 7.63. The number of nitrogens with two attached hydrogens (primary N) is 1. The molecule has 1 aliphatic carbocycles. The largest absolute Gasteiger partial charge is 0.469 e. The minimum Gasteiger partial charge on any atom is -0.390 e. The Bertz CT molecular complexity index is 615. The molecule has 6 N–H and O–H groups in total. The predicted molar refractivity (Wildman–Crippen MR) is 70.1 cm³/mol. The molecule has 1 fully saturated rings. The van der Waals surface area contributed by atoms with Crippen LogP contribution in [0.15, 0.2) is 17.1 Å². The lowest BCUT2D eigenvalue weighted by Gasteiger charge is -2.18. The van der Waals surface area contributed by atoms with Gasteiger partial charge in [0.1, 0.15) is 11.9 Å². The van der Waals surface area contributed by atoms with Crippen LogP contribution in [0.3, 0.4) is 0 Å². The fraction of sp³-hybridized carbons (Fsp3) is 0.600. The zero-order valence-electron chi connectivity index (χ0n) is 10.8. The summed E-state index contributed by atoms with van der Waals surface area (Å²) < 4.78 is 16.1. The Kier molecular flexibility index (Phi) is 4.47. The molecule has 0 radical (unpaired) electrons. The Morgan fingerprint density at radius 1 is 1.43 bits per heavy atom. The summed E-state index contributed by atoms with van der Waals surface area (Å²) in [6.07, 6.45) is -1.10. The van der Waals surface area contributed by atoms with Crippen LogP contribution >= 0.6 is 7.82 Å². The summed E-state index contributed by atoms with van der Waals surface area (Å²) in [5, 5.41) is 19.9. The molecule has 1 aliphatic rings. The van der Waals surface area contributed by atoms with E-state index in [0.717, 1.165) is 4.57 Å². The van der Waals surface area contributed by atoms with E-state index in [1.54, 1.807) is 0 Å². The van der Waals surface area contributed by atoms with Gasteiger partial charge in [-0.15, -0.1) is 0 Å². The van der Waals surface area contributed by atoms with Crippen molar-refractivity contribution in [1.82, 2.24) is 9.55 Å². The van der Waals surface area contributed by atoms with Gasteiger partial charge in [0, 0.05) is 12.1 Å². The Balaban J connectivity index is 2.16. The number of phosphoric ester groups is 1. The Hall–Kier alpha value is -1.29. The van der Waals surface area contributed by atoms with Gasteiger partial charge in [0.25, 0.3) is 0 Å². The van der Waals surface area contributed by atoms with Crippen LogP contribution in [0.4, 0.5) is 5.82 Å². The van der Waals surface area contributed by atoms with E-state index in [1.807, 2.05) is 0 Å². The van der Waals surface area contributed by atoms with E-state index >= 15 is 0 Å². The van der Waals surface area contributed by atoms with Crippen LogP contribution in [0.5, 0.6) is 0 Å². The molecule has 0 bridgehead atoms. The van der Waals surface area contributed by atoms with Crippen molar-refractivity contribution in [3.63, 3.8) is 0 Å². The minimum absolute atomic E-state index is 0.0330. The van der Waals surface area contributed by atoms with E-state index in [2.05, 4.69) is 9.51 Å². The number of anilines is 1. The molecule has 4 atom stereocenters. The van der Waals surface area contributed by atoms with E-state index in [-0.39, 0.29) is 12.2 Å². The van der Waals surface area contributed by atoms with E-state index in [4.69, 9.17) is 15.5 Å². The van der Waals surface area contributed by atoms with Crippen molar-refractivity contribution in [2.45, 2.75) is 24.7 Å². The second kappa shape index (κ2) is 5.84. The number of aromatic nitrogens is 2. The molecule has 11 heteroatoms. The standard InChI is InChI=1S/C10H16N3O7P/c11-7-1-2-13(10(16)12-7)6-3-5(8(14)9(6)15)4-20-21(17,18)19/h1-2,5-6,8-9,14-15H,3-4H2,(H2,11,12,16)(H2,17,18,19)/t5-,6-,8-,9+/m1/s1. The average Bonchev–Trinajstić information content (AvgIpc) is 2.64. The molecule has 0 aromatic carbocycles. The number of nitrogen functional groups attached to an aromatic ring is 1. The lowest BCUT2D eigenvalue weighted by Crippen LogP contribution is -2.35. The first-order chi connectivity index (χ1) is 9.69. The molecule has 0 amide bonds. The third-order valence-corrected chi connectivity index (χ3v) is 3.92. The van der Waals surface area contributed by atoms with Crippen LogP contribution < -0.4 is 11.4 Å². The number of hydrogen-bond donors (Lipinski definition) is 5. The van der Waals surface area contributed by atoms with E-state index in [1.165, 1.54) is 12.3 Å². The summed E-state index contributed by atoms with van der Waals surface area (Å²) in [7, 11) is -4.66. The first-order valence-electron chi connectivity index (χ1n) is 6.10. The number of rotatable bonds is 4. The molecule has 118 valence electrons. The van der Waals surface area contributed by atoms with Gasteiger partial charge in [-0.1, -0.05) is 0 Å². The highest BCUT2D eigenvalue weighted by Gasteiger charge is 2.43. The van der Waals surface area contributed by atoms with Gasteiger partial charge < -0.3 is 25.7 Å².